The van der Waals surface area contributed by atoms with Gasteiger partial charge in [0.1, 0.15) is 5.69 Å². The molecule has 100 valence electrons. The van der Waals surface area contributed by atoms with Crippen LogP contribution in [0.15, 0.2) is 49.1 Å². The highest BCUT2D eigenvalue weighted by Gasteiger charge is 2.10. The Morgan fingerprint density at radius 1 is 1.40 bits per heavy atom. The van der Waals surface area contributed by atoms with Crippen molar-refractivity contribution in [1.82, 2.24) is 19.7 Å². The van der Waals surface area contributed by atoms with E-state index in [-0.39, 0.29) is 5.91 Å². The van der Waals surface area contributed by atoms with E-state index in [0.29, 0.717) is 22.9 Å². The molecule has 0 radical (unpaired) electrons. The fourth-order valence-corrected chi connectivity index (χ4v) is 2.08. The van der Waals surface area contributed by atoms with Crippen molar-refractivity contribution in [2.75, 3.05) is 0 Å². The lowest BCUT2D eigenvalue weighted by molar-refractivity contribution is 0.0946. The van der Waals surface area contributed by atoms with E-state index >= 15 is 0 Å². The zero-order chi connectivity index (χ0) is 13.9. The Balaban J connectivity index is 1.73. The molecular formula is C14H11ClN4O. The summed E-state index contributed by atoms with van der Waals surface area (Å²) in [5.74, 6) is -0.228. The van der Waals surface area contributed by atoms with Crippen molar-refractivity contribution in [2.24, 2.45) is 0 Å². The van der Waals surface area contributed by atoms with E-state index < -0.39 is 0 Å². The number of amides is 1. The van der Waals surface area contributed by atoms with Crippen LogP contribution in [0.3, 0.4) is 0 Å². The maximum absolute atomic E-state index is 12.0. The number of imidazole rings is 1. The number of benzene rings is 1. The zero-order valence-electron chi connectivity index (χ0n) is 10.5. The average Bonchev–Trinajstić information content (AvgIpc) is 2.89. The maximum Gasteiger partial charge on any atom is 0.271 e. The number of aromatic nitrogens is 3. The summed E-state index contributed by atoms with van der Waals surface area (Å²) in [6.07, 6.45) is 6.66. The highest BCUT2D eigenvalue weighted by Crippen LogP contribution is 2.10. The minimum Gasteiger partial charge on any atom is -0.347 e. The van der Waals surface area contributed by atoms with E-state index in [4.69, 9.17) is 11.6 Å². The average molecular weight is 287 g/mol. The molecular weight excluding hydrogens is 276 g/mol. The van der Waals surface area contributed by atoms with Crippen LogP contribution in [-0.4, -0.2) is 20.3 Å². The first-order valence-corrected chi connectivity index (χ1v) is 6.41. The molecule has 0 atom stereocenters. The molecule has 1 amide bonds. The summed E-state index contributed by atoms with van der Waals surface area (Å²) >= 11 is 5.90. The van der Waals surface area contributed by atoms with E-state index in [1.54, 1.807) is 35.3 Å². The maximum atomic E-state index is 12.0. The van der Waals surface area contributed by atoms with E-state index in [1.165, 1.54) is 0 Å². The molecule has 1 aromatic carbocycles. The number of hydrogen-bond donors (Lipinski definition) is 1. The van der Waals surface area contributed by atoms with E-state index in [9.17, 15) is 4.79 Å². The molecule has 6 heteroatoms. The van der Waals surface area contributed by atoms with Gasteiger partial charge in [0.05, 0.1) is 6.20 Å². The SMILES string of the molecule is O=C(NCc1cccc(Cl)c1)c1cn2ccncc2n1. The van der Waals surface area contributed by atoms with Gasteiger partial charge in [0.15, 0.2) is 5.65 Å². The topological polar surface area (TPSA) is 59.3 Å². The van der Waals surface area contributed by atoms with Gasteiger partial charge in [0.2, 0.25) is 0 Å². The minimum atomic E-state index is -0.228. The predicted molar refractivity (Wildman–Crippen MR) is 75.6 cm³/mol. The highest BCUT2D eigenvalue weighted by molar-refractivity contribution is 6.30. The monoisotopic (exact) mass is 286 g/mol. The first kappa shape index (κ1) is 12.6. The van der Waals surface area contributed by atoms with Crippen LogP contribution < -0.4 is 5.32 Å². The van der Waals surface area contributed by atoms with Crippen molar-refractivity contribution in [3.63, 3.8) is 0 Å². The van der Waals surface area contributed by atoms with E-state index in [1.807, 2.05) is 18.2 Å². The molecule has 2 aromatic heterocycles. The second-order valence-corrected chi connectivity index (χ2v) is 4.72. The van der Waals surface area contributed by atoms with Crippen LogP contribution in [0.25, 0.3) is 5.65 Å². The van der Waals surface area contributed by atoms with Crippen LogP contribution in [0.2, 0.25) is 5.02 Å². The quantitative estimate of drug-likeness (QED) is 0.804. The molecule has 1 N–H and O–H groups in total. The molecule has 0 unspecified atom stereocenters. The van der Waals surface area contributed by atoms with Crippen LogP contribution in [-0.2, 0) is 6.54 Å². The molecule has 0 saturated carbocycles. The predicted octanol–water partition coefficient (Wildman–Crippen LogP) is 2.31. The van der Waals surface area contributed by atoms with Crippen LogP contribution in [0.4, 0.5) is 0 Å². The molecule has 0 saturated heterocycles. The Hall–Kier alpha value is -2.40. The van der Waals surface area contributed by atoms with Crippen LogP contribution in [0.5, 0.6) is 0 Å². The largest absolute Gasteiger partial charge is 0.347 e. The van der Waals surface area contributed by atoms with Crippen molar-refractivity contribution in [3.8, 4) is 0 Å². The Labute approximate surface area is 120 Å². The third kappa shape index (κ3) is 2.62. The van der Waals surface area contributed by atoms with Gasteiger partial charge in [-0.25, -0.2) is 4.98 Å². The molecule has 0 spiro atoms. The highest BCUT2D eigenvalue weighted by atomic mass is 35.5. The lowest BCUT2D eigenvalue weighted by Crippen LogP contribution is -2.23. The number of nitrogens with one attached hydrogen (secondary N) is 1. The summed E-state index contributed by atoms with van der Waals surface area (Å²) in [6.45, 7) is 0.408. The summed E-state index contributed by atoms with van der Waals surface area (Å²) < 4.78 is 1.75. The molecule has 0 aliphatic rings. The van der Waals surface area contributed by atoms with Gasteiger partial charge in [-0.05, 0) is 17.7 Å². The van der Waals surface area contributed by atoms with Gasteiger partial charge in [-0.2, -0.15) is 0 Å². The molecule has 0 bridgehead atoms. The van der Waals surface area contributed by atoms with Gasteiger partial charge in [-0.1, -0.05) is 23.7 Å². The number of hydrogen-bond acceptors (Lipinski definition) is 3. The van der Waals surface area contributed by atoms with Gasteiger partial charge < -0.3 is 9.72 Å². The summed E-state index contributed by atoms with van der Waals surface area (Å²) in [6, 6.07) is 7.36. The van der Waals surface area contributed by atoms with Crippen LogP contribution in [0, 0.1) is 0 Å². The summed E-state index contributed by atoms with van der Waals surface area (Å²) in [5, 5.41) is 3.46. The van der Waals surface area contributed by atoms with Crippen LogP contribution >= 0.6 is 11.6 Å². The van der Waals surface area contributed by atoms with Gasteiger partial charge in [-0.3, -0.25) is 9.78 Å². The first-order valence-electron chi connectivity index (χ1n) is 6.04. The number of carbonyl (C=O) groups excluding carboxylic acids is 1. The van der Waals surface area contributed by atoms with Crippen molar-refractivity contribution < 1.29 is 4.79 Å². The normalized spacial score (nSPS) is 10.7. The lowest BCUT2D eigenvalue weighted by Gasteiger charge is -2.03. The zero-order valence-corrected chi connectivity index (χ0v) is 11.2. The van der Waals surface area contributed by atoms with Gasteiger partial charge in [-0.15, -0.1) is 0 Å². The molecule has 3 rings (SSSR count). The van der Waals surface area contributed by atoms with Crippen molar-refractivity contribution in [1.29, 1.82) is 0 Å². The van der Waals surface area contributed by atoms with Crippen LogP contribution in [0.1, 0.15) is 16.1 Å². The Kier molecular flexibility index (Phi) is 3.35. The Morgan fingerprint density at radius 2 is 2.30 bits per heavy atom. The molecule has 5 nitrogen and oxygen atoms in total. The first-order chi connectivity index (χ1) is 9.72. The van der Waals surface area contributed by atoms with Crippen molar-refractivity contribution in [2.45, 2.75) is 6.54 Å². The summed E-state index contributed by atoms with van der Waals surface area (Å²) in [5.41, 5.74) is 1.94. The summed E-state index contributed by atoms with van der Waals surface area (Å²) in [4.78, 5) is 20.2. The second-order valence-electron chi connectivity index (χ2n) is 4.28. The third-order valence-corrected chi connectivity index (χ3v) is 3.07. The van der Waals surface area contributed by atoms with E-state index in [0.717, 1.165) is 5.56 Å². The van der Waals surface area contributed by atoms with Crippen molar-refractivity contribution in [3.05, 3.63) is 65.3 Å². The molecule has 20 heavy (non-hydrogen) atoms. The van der Waals surface area contributed by atoms with E-state index in [2.05, 4.69) is 15.3 Å². The number of rotatable bonds is 3. The number of carbonyl (C=O) groups is 1. The van der Waals surface area contributed by atoms with Gasteiger partial charge in [0.25, 0.3) is 5.91 Å². The Morgan fingerprint density at radius 3 is 3.10 bits per heavy atom. The standard InChI is InChI=1S/C14H11ClN4O/c15-11-3-1-2-10(6-11)7-17-14(20)12-9-19-5-4-16-8-13(19)18-12/h1-6,8-9H,7H2,(H,17,20). The minimum absolute atomic E-state index is 0.228. The molecule has 0 aliphatic heterocycles. The van der Waals surface area contributed by atoms with Gasteiger partial charge >= 0.3 is 0 Å². The Bertz CT molecular complexity index is 735. The fourth-order valence-electron chi connectivity index (χ4n) is 1.87. The smallest absolute Gasteiger partial charge is 0.271 e. The third-order valence-electron chi connectivity index (χ3n) is 2.84. The fraction of sp³-hybridized carbons (Fsp3) is 0.0714. The lowest BCUT2D eigenvalue weighted by atomic mass is 10.2. The molecule has 0 fully saturated rings. The summed E-state index contributed by atoms with van der Waals surface area (Å²) in [7, 11) is 0. The number of nitrogens with zero attached hydrogens (tertiary/aromatic N) is 3. The molecule has 3 aromatic rings. The second kappa shape index (κ2) is 5.30. The number of fused-ring (bicyclic) bond motifs is 1. The van der Waals surface area contributed by atoms with Crippen molar-refractivity contribution >= 4 is 23.2 Å². The number of halogens is 1. The van der Waals surface area contributed by atoms with Gasteiger partial charge in [0, 0.05) is 30.2 Å². The molecule has 2 heterocycles. The molecule has 0 aliphatic carbocycles.